The van der Waals surface area contributed by atoms with Crippen molar-refractivity contribution in [2.24, 2.45) is 22.4 Å². The lowest BCUT2D eigenvalue weighted by atomic mass is 9.73. The SMILES string of the molecule is C=C(N)/N=C\C(=C/N)c1ccc([C@@](C)(c2noc(-c3cnc(C)cn3)n2)C(C)C)cn1. The average molecular weight is 419 g/mol. The molecule has 9 nitrogen and oxygen atoms in total. The number of allylic oxidation sites excluding steroid dienone is 1. The number of aliphatic imine (C=N–C) groups is 1. The molecule has 4 N–H and O–H groups in total. The molecule has 0 unspecified atom stereocenters. The van der Waals surface area contributed by atoms with Gasteiger partial charge in [0.05, 0.1) is 23.0 Å². The minimum Gasteiger partial charge on any atom is -0.404 e. The van der Waals surface area contributed by atoms with Crippen LogP contribution in [0.5, 0.6) is 0 Å². The van der Waals surface area contributed by atoms with Crippen LogP contribution in [0.25, 0.3) is 17.2 Å². The van der Waals surface area contributed by atoms with Gasteiger partial charge in [-0.15, -0.1) is 0 Å². The highest BCUT2D eigenvalue weighted by Gasteiger charge is 2.38. The van der Waals surface area contributed by atoms with Gasteiger partial charge in [-0.2, -0.15) is 4.98 Å². The van der Waals surface area contributed by atoms with E-state index in [4.69, 9.17) is 16.0 Å². The van der Waals surface area contributed by atoms with Crippen molar-refractivity contribution in [1.29, 1.82) is 0 Å². The molecule has 0 spiro atoms. The van der Waals surface area contributed by atoms with Crippen molar-refractivity contribution in [1.82, 2.24) is 25.1 Å². The van der Waals surface area contributed by atoms with Crippen LogP contribution in [-0.4, -0.2) is 31.3 Å². The van der Waals surface area contributed by atoms with Crippen molar-refractivity contribution < 1.29 is 4.52 Å². The summed E-state index contributed by atoms with van der Waals surface area (Å²) in [6.45, 7) is 11.7. The summed E-state index contributed by atoms with van der Waals surface area (Å²) in [7, 11) is 0. The highest BCUT2D eigenvalue weighted by Crippen LogP contribution is 2.37. The lowest BCUT2D eigenvalue weighted by molar-refractivity contribution is 0.350. The first-order chi connectivity index (χ1) is 14.8. The van der Waals surface area contributed by atoms with Crippen LogP contribution in [0.1, 0.15) is 43.5 Å². The molecule has 0 aromatic carbocycles. The van der Waals surface area contributed by atoms with Gasteiger partial charge in [0.2, 0.25) is 0 Å². The van der Waals surface area contributed by atoms with Crippen LogP contribution >= 0.6 is 0 Å². The zero-order valence-corrected chi connectivity index (χ0v) is 18.1. The van der Waals surface area contributed by atoms with Gasteiger partial charge in [-0.05, 0) is 31.4 Å². The number of hydrogen-bond acceptors (Lipinski definition) is 9. The van der Waals surface area contributed by atoms with Gasteiger partial charge in [-0.25, -0.2) is 9.98 Å². The number of nitrogens with zero attached hydrogens (tertiary/aromatic N) is 6. The highest BCUT2D eigenvalue weighted by molar-refractivity contribution is 6.09. The maximum Gasteiger partial charge on any atom is 0.278 e. The van der Waals surface area contributed by atoms with Gasteiger partial charge in [-0.3, -0.25) is 9.97 Å². The van der Waals surface area contributed by atoms with Crippen molar-refractivity contribution >= 4 is 11.8 Å². The van der Waals surface area contributed by atoms with E-state index in [1.165, 1.54) is 12.4 Å². The molecule has 0 bridgehead atoms. The molecule has 0 aliphatic rings. The normalized spacial score (nSPS) is 14.2. The quantitative estimate of drug-likeness (QED) is 0.558. The van der Waals surface area contributed by atoms with E-state index < -0.39 is 5.41 Å². The third-order valence-corrected chi connectivity index (χ3v) is 5.25. The Morgan fingerprint density at radius 3 is 2.52 bits per heavy atom. The van der Waals surface area contributed by atoms with Gasteiger partial charge in [0.25, 0.3) is 5.89 Å². The Bertz CT molecular complexity index is 1110. The predicted octanol–water partition coefficient (Wildman–Crippen LogP) is 2.99. The zero-order valence-electron chi connectivity index (χ0n) is 18.1. The molecule has 3 aromatic heterocycles. The Morgan fingerprint density at radius 2 is 1.97 bits per heavy atom. The Labute approximate surface area is 181 Å². The summed E-state index contributed by atoms with van der Waals surface area (Å²) in [6, 6.07) is 3.84. The van der Waals surface area contributed by atoms with E-state index in [1.807, 2.05) is 19.1 Å². The summed E-state index contributed by atoms with van der Waals surface area (Å²) in [4.78, 5) is 21.7. The lowest BCUT2D eigenvalue weighted by Gasteiger charge is -2.30. The number of aryl methyl sites for hydroxylation is 1. The second-order valence-electron chi connectivity index (χ2n) is 7.63. The van der Waals surface area contributed by atoms with Crippen LogP contribution in [0.3, 0.4) is 0 Å². The molecule has 0 saturated heterocycles. The van der Waals surface area contributed by atoms with Crippen LogP contribution in [0, 0.1) is 12.8 Å². The van der Waals surface area contributed by atoms with Crippen LogP contribution in [0.2, 0.25) is 0 Å². The van der Waals surface area contributed by atoms with Gasteiger partial charge in [0, 0.05) is 30.4 Å². The predicted molar refractivity (Wildman–Crippen MR) is 120 cm³/mol. The van der Waals surface area contributed by atoms with Crippen LogP contribution in [0.15, 0.2) is 58.8 Å². The molecule has 3 heterocycles. The third-order valence-electron chi connectivity index (χ3n) is 5.25. The van der Waals surface area contributed by atoms with Gasteiger partial charge >= 0.3 is 0 Å². The van der Waals surface area contributed by atoms with Crippen molar-refractivity contribution in [3.63, 3.8) is 0 Å². The smallest absolute Gasteiger partial charge is 0.278 e. The summed E-state index contributed by atoms with van der Waals surface area (Å²) in [5.74, 6) is 1.21. The second-order valence-corrected chi connectivity index (χ2v) is 7.63. The summed E-state index contributed by atoms with van der Waals surface area (Å²) in [6.07, 6.45) is 8.01. The number of nitrogens with two attached hydrogens (primary N) is 2. The fourth-order valence-corrected chi connectivity index (χ4v) is 2.98. The van der Waals surface area contributed by atoms with Crippen LogP contribution < -0.4 is 11.5 Å². The average Bonchev–Trinajstić information content (AvgIpc) is 3.25. The van der Waals surface area contributed by atoms with Crippen molar-refractivity contribution in [2.75, 3.05) is 0 Å². The molecule has 9 heteroatoms. The van der Waals surface area contributed by atoms with Crippen molar-refractivity contribution in [3.05, 3.63) is 72.1 Å². The summed E-state index contributed by atoms with van der Waals surface area (Å²) < 4.78 is 5.49. The van der Waals surface area contributed by atoms with Crippen molar-refractivity contribution in [3.8, 4) is 11.6 Å². The summed E-state index contributed by atoms with van der Waals surface area (Å²) >= 11 is 0. The fraction of sp³-hybridized carbons (Fsp3) is 0.273. The summed E-state index contributed by atoms with van der Waals surface area (Å²) in [5, 5.41) is 4.25. The zero-order chi connectivity index (χ0) is 22.6. The molecule has 3 aromatic rings. The Balaban J connectivity index is 1.96. The maximum absolute atomic E-state index is 5.71. The van der Waals surface area contributed by atoms with E-state index in [9.17, 15) is 0 Å². The third kappa shape index (κ3) is 4.50. The molecular formula is C22H26N8O. The van der Waals surface area contributed by atoms with Crippen LogP contribution in [0.4, 0.5) is 0 Å². The topological polar surface area (TPSA) is 142 Å². The molecule has 0 aliphatic carbocycles. The van der Waals surface area contributed by atoms with Gasteiger partial charge in [0.1, 0.15) is 11.5 Å². The first kappa shape index (κ1) is 21.8. The molecule has 0 amide bonds. The Hall–Kier alpha value is -3.88. The first-order valence-corrected chi connectivity index (χ1v) is 9.76. The number of hydrogen-bond donors (Lipinski definition) is 2. The molecule has 160 valence electrons. The first-order valence-electron chi connectivity index (χ1n) is 9.76. The maximum atomic E-state index is 5.71. The number of pyridine rings is 1. The van der Waals surface area contributed by atoms with E-state index in [2.05, 4.69) is 57.4 Å². The molecule has 0 fully saturated rings. The molecule has 3 rings (SSSR count). The monoisotopic (exact) mass is 418 g/mol. The molecule has 0 aliphatic heterocycles. The molecular weight excluding hydrogens is 392 g/mol. The molecule has 0 saturated carbocycles. The van der Waals surface area contributed by atoms with E-state index in [1.54, 1.807) is 18.6 Å². The Kier molecular flexibility index (Phi) is 6.24. The van der Waals surface area contributed by atoms with Crippen molar-refractivity contribution in [2.45, 2.75) is 33.1 Å². The molecule has 0 radical (unpaired) electrons. The summed E-state index contributed by atoms with van der Waals surface area (Å²) in [5.41, 5.74) is 14.2. The Morgan fingerprint density at radius 1 is 1.19 bits per heavy atom. The van der Waals surface area contributed by atoms with Gasteiger partial charge < -0.3 is 16.0 Å². The van der Waals surface area contributed by atoms with Gasteiger partial charge in [-0.1, -0.05) is 31.6 Å². The number of aromatic nitrogens is 5. The van der Waals surface area contributed by atoms with Gasteiger partial charge in [0.15, 0.2) is 5.82 Å². The number of rotatable bonds is 7. The largest absolute Gasteiger partial charge is 0.404 e. The fourth-order valence-electron chi connectivity index (χ4n) is 2.98. The van der Waals surface area contributed by atoms with E-state index in [0.717, 1.165) is 11.3 Å². The molecule has 1 atom stereocenters. The lowest BCUT2D eigenvalue weighted by Crippen LogP contribution is -2.31. The minimum atomic E-state index is -0.544. The minimum absolute atomic E-state index is 0.154. The highest BCUT2D eigenvalue weighted by atomic mass is 16.5. The second kappa shape index (κ2) is 8.86. The standard InChI is InChI=1S/C22H26N8O/c1-13(2)22(5,21-29-20(31-30-21)19-12-25-14(3)9-27-19)17-6-7-18(28-11-17)16(8-23)10-26-15(4)24/h6-13H,4,23-24H2,1-3,5H3/b16-8+,26-10-/t22-/m0/s1. The molecule has 31 heavy (non-hydrogen) atoms. The van der Waals surface area contributed by atoms with Crippen LogP contribution in [-0.2, 0) is 5.41 Å². The van der Waals surface area contributed by atoms with E-state index >= 15 is 0 Å². The van der Waals surface area contributed by atoms with E-state index in [-0.39, 0.29) is 11.7 Å². The van der Waals surface area contributed by atoms with E-state index in [0.29, 0.717) is 28.7 Å².